The molecule has 17 heavy (non-hydrogen) atoms. The maximum Gasteiger partial charge on any atom is 0.124 e. The number of nitrogens with two attached hydrogens (primary N) is 1. The van der Waals surface area contributed by atoms with E-state index in [2.05, 4.69) is 22.9 Å². The second-order valence-electron chi connectivity index (χ2n) is 4.67. The van der Waals surface area contributed by atoms with Gasteiger partial charge in [0.2, 0.25) is 0 Å². The molecule has 1 fully saturated rings. The maximum atomic E-state index is 13.0. The first-order valence-electron chi connectivity index (χ1n) is 5.91. The van der Waals surface area contributed by atoms with Crippen LogP contribution in [-0.4, -0.2) is 18.2 Å². The highest BCUT2D eigenvalue weighted by Crippen LogP contribution is 2.25. The van der Waals surface area contributed by atoms with Crippen LogP contribution in [0, 0.1) is 5.82 Å². The van der Waals surface area contributed by atoms with Crippen molar-refractivity contribution in [3.05, 3.63) is 34.1 Å². The number of rotatable bonds is 3. The molecule has 0 aromatic heterocycles. The van der Waals surface area contributed by atoms with Crippen molar-refractivity contribution in [2.45, 2.75) is 44.4 Å². The van der Waals surface area contributed by atoms with Crippen molar-refractivity contribution in [3.63, 3.8) is 0 Å². The van der Waals surface area contributed by atoms with E-state index in [9.17, 15) is 4.39 Å². The summed E-state index contributed by atoms with van der Waals surface area (Å²) in [6, 6.07) is 4.68. The summed E-state index contributed by atoms with van der Waals surface area (Å²) in [7, 11) is 0. The van der Waals surface area contributed by atoms with Crippen LogP contribution in [0.4, 0.5) is 4.39 Å². The molecule has 0 radical (unpaired) electrons. The molecular weight excluding hydrogens is 285 g/mol. The van der Waals surface area contributed by atoms with Gasteiger partial charge in [-0.3, -0.25) is 0 Å². The number of hydrogen-bond donors (Lipinski definition) is 1. The summed E-state index contributed by atoms with van der Waals surface area (Å²) in [5.74, 6) is -0.236. The zero-order valence-corrected chi connectivity index (χ0v) is 11.4. The van der Waals surface area contributed by atoms with Gasteiger partial charge in [0, 0.05) is 10.5 Å². The van der Waals surface area contributed by atoms with Crippen LogP contribution in [0.3, 0.4) is 0 Å². The fourth-order valence-corrected chi connectivity index (χ4v) is 2.73. The van der Waals surface area contributed by atoms with Gasteiger partial charge in [-0.05, 0) is 43.9 Å². The van der Waals surface area contributed by atoms with E-state index in [0.29, 0.717) is 12.5 Å². The van der Waals surface area contributed by atoms with Crippen molar-refractivity contribution >= 4 is 15.9 Å². The Hall–Kier alpha value is -0.450. The summed E-state index contributed by atoms with van der Waals surface area (Å²) in [6.45, 7) is 2.07. The van der Waals surface area contributed by atoms with E-state index in [1.807, 2.05) is 0 Å². The van der Waals surface area contributed by atoms with E-state index < -0.39 is 0 Å². The Labute approximate surface area is 109 Å². The van der Waals surface area contributed by atoms with Crippen LogP contribution in [0.15, 0.2) is 22.7 Å². The van der Waals surface area contributed by atoms with Crippen molar-refractivity contribution in [3.8, 4) is 0 Å². The Morgan fingerprint density at radius 3 is 2.88 bits per heavy atom. The minimum Gasteiger partial charge on any atom is -0.374 e. The predicted octanol–water partition coefficient (Wildman–Crippen LogP) is 3.03. The third kappa shape index (κ3) is 3.27. The first kappa shape index (κ1) is 13.0. The van der Waals surface area contributed by atoms with Gasteiger partial charge in [-0.2, -0.15) is 0 Å². The van der Waals surface area contributed by atoms with Gasteiger partial charge in [0.15, 0.2) is 0 Å². The molecule has 3 unspecified atom stereocenters. The smallest absolute Gasteiger partial charge is 0.124 e. The second kappa shape index (κ2) is 5.46. The Bertz CT molecular complexity index is 399. The predicted molar refractivity (Wildman–Crippen MR) is 69.3 cm³/mol. The van der Waals surface area contributed by atoms with E-state index in [1.54, 1.807) is 6.07 Å². The fourth-order valence-electron chi connectivity index (χ4n) is 2.22. The van der Waals surface area contributed by atoms with Gasteiger partial charge in [0.05, 0.1) is 12.2 Å². The van der Waals surface area contributed by atoms with E-state index in [0.717, 1.165) is 22.9 Å². The lowest BCUT2D eigenvalue weighted by molar-refractivity contribution is 0.0404. The normalized spacial score (nSPS) is 26.1. The average molecular weight is 302 g/mol. The van der Waals surface area contributed by atoms with Crippen molar-refractivity contribution in [1.29, 1.82) is 0 Å². The van der Waals surface area contributed by atoms with Crippen LogP contribution in [0.2, 0.25) is 0 Å². The molecule has 94 valence electrons. The SMILES string of the molecule is CC1CCC(C(N)Cc2ccc(F)cc2Br)O1. The van der Waals surface area contributed by atoms with Crippen molar-refractivity contribution in [2.75, 3.05) is 0 Å². The number of benzene rings is 1. The molecule has 1 aromatic rings. The third-order valence-corrected chi connectivity index (χ3v) is 3.95. The Kier molecular flexibility index (Phi) is 4.17. The monoisotopic (exact) mass is 301 g/mol. The van der Waals surface area contributed by atoms with E-state index >= 15 is 0 Å². The molecule has 1 heterocycles. The molecule has 0 aliphatic carbocycles. The van der Waals surface area contributed by atoms with Crippen LogP contribution in [0.25, 0.3) is 0 Å². The highest BCUT2D eigenvalue weighted by atomic mass is 79.9. The maximum absolute atomic E-state index is 13.0. The van der Waals surface area contributed by atoms with Gasteiger partial charge in [-0.15, -0.1) is 0 Å². The standard InChI is InChI=1S/C13H17BrFNO/c1-8-2-5-13(17-8)12(16)6-9-3-4-10(15)7-11(9)14/h3-4,7-8,12-13H,2,5-6,16H2,1H3. The minimum atomic E-state index is -0.236. The van der Waals surface area contributed by atoms with Crippen LogP contribution >= 0.6 is 15.9 Å². The molecule has 4 heteroatoms. The molecule has 0 bridgehead atoms. The first-order valence-corrected chi connectivity index (χ1v) is 6.70. The van der Waals surface area contributed by atoms with E-state index in [4.69, 9.17) is 10.5 Å². The lowest BCUT2D eigenvalue weighted by Gasteiger charge is -2.20. The van der Waals surface area contributed by atoms with Gasteiger partial charge in [-0.25, -0.2) is 4.39 Å². The first-order chi connectivity index (χ1) is 8.06. The molecule has 1 aromatic carbocycles. The number of ether oxygens (including phenoxy) is 1. The lowest BCUT2D eigenvalue weighted by atomic mass is 10.00. The summed E-state index contributed by atoms with van der Waals surface area (Å²) in [4.78, 5) is 0. The third-order valence-electron chi connectivity index (χ3n) is 3.21. The van der Waals surface area contributed by atoms with Gasteiger partial charge < -0.3 is 10.5 Å². The number of halogens is 2. The Morgan fingerprint density at radius 1 is 1.53 bits per heavy atom. The highest BCUT2D eigenvalue weighted by Gasteiger charge is 2.27. The van der Waals surface area contributed by atoms with Crippen molar-refractivity contribution < 1.29 is 9.13 Å². The van der Waals surface area contributed by atoms with Crippen LogP contribution in [-0.2, 0) is 11.2 Å². The summed E-state index contributed by atoms with van der Waals surface area (Å²) >= 11 is 3.36. The molecular formula is C13H17BrFNO. The Morgan fingerprint density at radius 2 is 2.29 bits per heavy atom. The largest absolute Gasteiger partial charge is 0.374 e. The molecule has 1 saturated heterocycles. The molecule has 2 nitrogen and oxygen atoms in total. The van der Waals surface area contributed by atoms with Gasteiger partial charge in [0.25, 0.3) is 0 Å². The molecule has 3 atom stereocenters. The Balaban J connectivity index is 2.00. The summed E-state index contributed by atoms with van der Waals surface area (Å²) in [5.41, 5.74) is 7.17. The summed E-state index contributed by atoms with van der Waals surface area (Å²) < 4.78 is 19.5. The van der Waals surface area contributed by atoms with E-state index in [-0.39, 0.29) is 18.0 Å². The lowest BCUT2D eigenvalue weighted by Crippen LogP contribution is -2.36. The molecule has 0 amide bonds. The van der Waals surface area contributed by atoms with Crippen LogP contribution in [0.5, 0.6) is 0 Å². The van der Waals surface area contributed by atoms with E-state index in [1.165, 1.54) is 12.1 Å². The van der Waals surface area contributed by atoms with Gasteiger partial charge in [-0.1, -0.05) is 22.0 Å². The second-order valence-corrected chi connectivity index (χ2v) is 5.52. The summed E-state index contributed by atoms with van der Waals surface area (Å²) in [5, 5.41) is 0. The summed E-state index contributed by atoms with van der Waals surface area (Å²) in [6.07, 6.45) is 3.23. The molecule has 0 saturated carbocycles. The number of hydrogen-bond acceptors (Lipinski definition) is 2. The van der Waals surface area contributed by atoms with Crippen LogP contribution < -0.4 is 5.73 Å². The molecule has 1 aliphatic heterocycles. The van der Waals surface area contributed by atoms with Crippen molar-refractivity contribution in [2.24, 2.45) is 5.73 Å². The fraction of sp³-hybridized carbons (Fsp3) is 0.538. The zero-order chi connectivity index (χ0) is 12.4. The average Bonchev–Trinajstić information content (AvgIpc) is 2.69. The topological polar surface area (TPSA) is 35.2 Å². The van der Waals surface area contributed by atoms with Gasteiger partial charge >= 0.3 is 0 Å². The van der Waals surface area contributed by atoms with Crippen LogP contribution in [0.1, 0.15) is 25.3 Å². The minimum absolute atomic E-state index is 0.0262. The molecule has 1 aliphatic rings. The molecule has 0 spiro atoms. The zero-order valence-electron chi connectivity index (χ0n) is 9.83. The van der Waals surface area contributed by atoms with Crippen molar-refractivity contribution in [1.82, 2.24) is 0 Å². The quantitative estimate of drug-likeness (QED) is 0.931. The molecule has 2 N–H and O–H groups in total. The molecule has 2 rings (SSSR count). The highest BCUT2D eigenvalue weighted by molar-refractivity contribution is 9.10. The van der Waals surface area contributed by atoms with Gasteiger partial charge in [0.1, 0.15) is 5.82 Å².